The van der Waals surface area contributed by atoms with Crippen LogP contribution in [0.1, 0.15) is 30.3 Å². The summed E-state index contributed by atoms with van der Waals surface area (Å²) in [5.41, 5.74) is 3.17. The molecule has 0 radical (unpaired) electrons. The van der Waals surface area contributed by atoms with Gasteiger partial charge in [-0.1, -0.05) is 30.2 Å². The van der Waals surface area contributed by atoms with Crippen LogP contribution in [0.2, 0.25) is 5.02 Å². The molecule has 0 aliphatic heterocycles. The number of aryl methyl sites for hydroxylation is 1. The van der Waals surface area contributed by atoms with Gasteiger partial charge in [0.05, 0.1) is 11.4 Å². The zero-order chi connectivity index (χ0) is 13.1. The van der Waals surface area contributed by atoms with E-state index in [-0.39, 0.29) is 0 Å². The number of nitriles is 1. The molecule has 92 valence electrons. The lowest BCUT2D eigenvalue weighted by Gasteiger charge is -2.09. The number of halogens is 1. The van der Waals surface area contributed by atoms with E-state index in [0.717, 1.165) is 29.8 Å². The quantitative estimate of drug-likeness (QED) is 0.852. The highest BCUT2D eigenvalue weighted by Crippen LogP contribution is 2.21. The van der Waals surface area contributed by atoms with Crippen molar-refractivity contribution in [3.05, 3.63) is 40.2 Å². The zero-order valence-electron chi connectivity index (χ0n) is 10.3. The van der Waals surface area contributed by atoms with Gasteiger partial charge in [0.25, 0.3) is 0 Å². The maximum atomic E-state index is 9.03. The van der Waals surface area contributed by atoms with E-state index < -0.39 is 0 Å². The molecule has 1 heterocycles. The van der Waals surface area contributed by atoms with Crippen LogP contribution in [0.4, 0.5) is 0 Å². The van der Waals surface area contributed by atoms with E-state index in [2.05, 4.69) is 23.3 Å². The van der Waals surface area contributed by atoms with E-state index >= 15 is 0 Å². The number of hydrogen-bond donors (Lipinski definition) is 0. The Balaban J connectivity index is 2.57. The Morgan fingerprint density at radius 2 is 2.22 bits per heavy atom. The third-order valence-electron chi connectivity index (χ3n) is 2.74. The summed E-state index contributed by atoms with van der Waals surface area (Å²) < 4.78 is 1.73. The molecule has 0 atom stereocenters. The molecular formula is C13H13ClN4. The molecule has 5 heteroatoms. The maximum Gasteiger partial charge on any atom is 0.186 e. The highest BCUT2D eigenvalue weighted by Gasteiger charge is 2.14. The predicted molar refractivity (Wildman–Crippen MR) is 69.8 cm³/mol. The van der Waals surface area contributed by atoms with Gasteiger partial charge in [-0.2, -0.15) is 5.26 Å². The van der Waals surface area contributed by atoms with Gasteiger partial charge in [-0.05, 0) is 37.1 Å². The minimum Gasteiger partial charge on any atom is -0.216 e. The summed E-state index contributed by atoms with van der Waals surface area (Å²) in [7, 11) is 0. The number of aromatic nitrogens is 3. The first-order valence-corrected chi connectivity index (χ1v) is 6.16. The molecule has 0 spiro atoms. The van der Waals surface area contributed by atoms with Crippen molar-refractivity contribution in [2.75, 3.05) is 0 Å². The van der Waals surface area contributed by atoms with Crippen molar-refractivity contribution in [1.82, 2.24) is 15.0 Å². The molecule has 2 rings (SSSR count). The van der Waals surface area contributed by atoms with E-state index in [1.807, 2.05) is 25.1 Å². The molecule has 2 aromatic rings. The zero-order valence-corrected chi connectivity index (χ0v) is 11.1. The summed E-state index contributed by atoms with van der Waals surface area (Å²) >= 11 is 5.94. The molecule has 0 aliphatic carbocycles. The Labute approximate surface area is 111 Å². The van der Waals surface area contributed by atoms with E-state index in [9.17, 15) is 0 Å². The van der Waals surface area contributed by atoms with Crippen LogP contribution in [-0.2, 0) is 6.42 Å². The molecule has 0 aliphatic rings. The highest BCUT2D eigenvalue weighted by molar-refractivity contribution is 6.30. The van der Waals surface area contributed by atoms with Crippen molar-refractivity contribution in [3.8, 4) is 11.8 Å². The molecular weight excluding hydrogens is 248 g/mol. The van der Waals surface area contributed by atoms with Crippen molar-refractivity contribution in [1.29, 1.82) is 5.26 Å². The first kappa shape index (κ1) is 12.6. The Kier molecular flexibility index (Phi) is 3.63. The standard InChI is InChI=1S/C13H13ClN4/c1-3-4-13-11(8-15)16-17-18(13)12-6-5-10(14)7-9(12)2/h5-7H,3-4H2,1-2H3. The van der Waals surface area contributed by atoms with E-state index in [4.69, 9.17) is 16.9 Å². The van der Waals surface area contributed by atoms with E-state index in [0.29, 0.717) is 10.7 Å². The van der Waals surface area contributed by atoms with Crippen molar-refractivity contribution in [2.45, 2.75) is 26.7 Å². The van der Waals surface area contributed by atoms with Gasteiger partial charge < -0.3 is 0 Å². The molecule has 0 unspecified atom stereocenters. The van der Waals surface area contributed by atoms with Gasteiger partial charge in [-0.15, -0.1) is 5.10 Å². The van der Waals surface area contributed by atoms with Crippen molar-refractivity contribution < 1.29 is 0 Å². The van der Waals surface area contributed by atoms with Gasteiger partial charge >= 0.3 is 0 Å². The van der Waals surface area contributed by atoms with Gasteiger partial charge in [-0.3, -0.25) is 0 Å². The first-order valence-electron chi connectivity index (χ1n) is 5.78. The molecule has 0 amide bonds. The summed E-state index contributed by atoms with van der Waals surface area (Å²) in [5.74, 6) is 0. The van der Waals surface area contributed by atoms with Crippen LogP contribution in [0.15, 0.2) is 18.2 Å². The maximum absolute atomic E-state index is 9.03. The van der Waals surface area contributed by atoms with Crippen LogP contribution < -0.4 is 0 Å². The molecule has 0 saturated heterocycles. The van der Waals surface area contributed by atoms with Crippen molar-refractivity contribution in [2.24, 2.45) is 0 Å². The van der Waals surface area contributed by atoms with Crippen LogP contribution in [-0.4, -0.2) is 15.0 Å². The van der Waals surface area contributed by atoms with Crippen LogP contribution in [0, 0.1) is 18.3 Å². The Morgan fingerprint density at radius 3 is 2.83 bits per heavy atom. The largest absolute Gasteiger partial charge is 0.216 e. The Hall–Kier alpha value is -1.86. The van der Waals surface area contributed by atoms with E-state index in [1.54, 1.807) is 4.68 Å². The van der Waals surface area contributed by atoms with Gasteiger partial charge in [0.1, 0.15) is 6.07 Å². The fourth-order valence-electron chi connectivity index (χ4n) is 1.90. The summed E-state index contributed by atoms with van der Waals surface area (Å²) in [5, 5.41) is 17.7. The summed E-state index contributed by atoms with van der Waals surface area (Å²) in [6.45, 7) is 4.03. The molecule has 1 aromatic carbocycles. The third-order valence-corrected chi connectivity index (χ3v) is 2.98. The minimum absolute atomic E-state index is 0.395. The second-order valence-electron chi connectivity index (χ2n) is 4.09. The lowest BCUT2D eigenvalue weighted by Crippen LogP contribution is -2.04. The van der Waals surface area contributed by atoms with Crippen LogP contribution in [0.5, 0.6) is 0 Å². The average Bonchev–Trinajstić information content (AvgIpc) is 2.73. The van der Waals surface area contributed by atoms with Crippen LogP contribution in [0.3, 0.4) is 0 Å². The van der Waals surface area contributed by atoms with Gasteiger partial charge in [0, 0.05) is 5.02 Å². The fourth-order valence-corrected chi connectivity index (χ4v) is 2.13. The third kappa shape index (κ3) is 2.22. The second kappa shape index (κ2) is 5.19. The topological polar surface area (TPSA) is 54.5 Å². The number of rotatable bonds is 3. The van der Waals surface area contributed by atoms with Crippen molar-refractivity contribution in [3.63, 3.8) is 0 Å². The monoisotopic (exact) mass is 260 g/mol. The molecule has 1 aromatic heterocycles. The number of hydrogen-bond acceptors (Lipinski definition) is 3. The Bertz CT molecular complexity index is 610. The van der Waals surface area contributed by atoms with Crippen molar-refractivity contribution >= 4 is 11.6 Å². The van der Waals surface area contributed by atoms with Gasteiger partial charge in [0.2, 0.25) is 0 Å². The van der Waals surface area contributed by atoms with Crippen LogP contribution in [0.25, 0.3) is 5.69 Å². The smallest absolute Gasteiger partial charge is 0.186 e. The number of nitrogens with zero attached hydrogens (tertiary/aromatic N) is 4. The second-order valence-corrected chi connectivity index (χ2v) is 4.53. The normalized spacial score (nSPS) is 10.3. The van der Waals surface area contributed by atoms with E-state index in [1.165, 1.54) is 0 Å². The summed E-state index contributed by atoms with van der Waals surface area (Å²) in [6.07, 6.45) is 1.71. The SMILES string of the molecule is CCCc1c(C#N)nnn1-c1ccc(Cl)cc1C. The molecule has 0 fully saturated rings. The average molecular weight is 261 g/mol. The molecule has 4 nitrogen and oxygen atoms in total. The summed E-state index contributed by atoms with van der Waals surface area (Å²) in [6, 6.07) is 7.66. The first-order chi connectivity index (χ1) is 8.67. The lowest BCUT2D eigenvalue weighted by atomic mass is 10.1. The van der Waals surface area contributed by atoms with Gasteiger partial charge in [0.15, 0.2) is 5.69 Å². The predicted octanol–water partition coefficient (Wildman–Crippen LogP) is 3.05. The minimum atomic E-state index is 0.395. The Morgan fingerprint density at radius 1 is 1.44 bits per heavy atom. The number of benzene rings is 1. The lowest BCUT2D eigenvalue weighted by molar-refractivity contribution is 0.742. The van der Waals surface area contributed by atoms with Gasteiger partial charge in [-0.25, -0.2) is 4.68 Å². The molecule has 18 heavy (non-hydrogen) atoms. The summed E-state index contributed by atoms with van der Waals surface area (Å²) in [4.78, 5) is 0. The highest BCUT2D eigenvalue weighted by atomic mass is 35.5. The molecule has 0 bridgehead atoms. The fraction of sp³-hybridized carbons (Fsp3) is 0.308. The molecule has 0 N–H and O–H groups in total. The molecule has 0 saturated carbocycles. The van der Waals surface area contributed by atoms with Crippen LogP contribution >= 0.6 is 11.6 Å².